The molecule has 1 aromatic heterocycles. The molecule has 144 valence electrons. The number of aromatic nitrogens is 2. The summed E-state index contributed by atoms with van der Waals surface area (Å²) in [5.74, 6) is 0.447. The Balaban J connectivity index is 1.78. The second-order valence-electron chi connectivity index (χ2n) is 7.44. The zero-order valence-corrected chi connectivity index (χ0v) is 16.5. The van der Waals surface area contributed by atoms with E-state index in [1.807, 2.05) is 35.2 Å². The number of halogens is 1. The Morgan fingerprint density at radius 3 is 2.75 bits per heavy atom. The minimum absolute atomic E-state index is 0.00818. The van der Waals surface area contributed by atoms with Gasteiger partial charge in [-0.25, -0.2) is 4.79 Å². The number of carbonyl (C=O) groups is 1. The van der Waals surface area contributed by atoms with Gasteiger partial charge >= 0.3 is 5.69 Å². The highest BCUT2D eigenvalue weighted by Crippen LogP contribution is 2.28. The van der Waals surface area contributed by atoms with E-state index in [1.54, 1.807) is 18.2 Å². The van der Waals surface area contributed by atoms with Crippen LogP contribution in [-0.4, -0.2) is 33.4 Å². The molecule has 2 aromatic carbocycles. The molecule has 0 spiro atoms. The summed E-state index contributed by atoms with van der Waals surface area (Å²) in [6, 6.07) is 14.9. The van der Waals surface area contributed by atoms with Crippen molar-refractivity contribution in [3.8, 4) is 11.3 Å². The van der Waals surface area contributed by atoms with Crippen molar-refractivity contribution < 1.29 is 4.79 Å². The number of benzene rings is 2. The molecule has 3 aromatic rings. The van der Waals surface area contributed by atoms with Crippen LogP contribution in [-0.2, 0) is 11.3 Å². The maximum atomic E-state index is 12.8. The Morgan fingerprint density at radius 2 is 2.00 bits per heavy atom. The Labute approximate surface area is 168 Å². The minimum Gasteiger partial charge on any atom is -0.341 e. The van der Waals surface area contributed by atoms with Gasteiger partial charge in [-0.05, 0) is 37.0 Å². The number of piperidine rings is 1. The average Bonchev–Trinajstić information content (AvgIpc) is 2.70. The molecule has 0 N–H and O–H groups in total. The Kier molecular flexibility index (Phi) is 5.18. The molecule has 0 aliphatic carbocycles. The molecule has 2 heterocycles. The number of hydrogen-bond acceptors (Lipinski definition) is 3. The fourth-order valence-corrected chi connectivity index (χ4v) is 4.04. The summed E-state index contributed by atoms with van der Waals surface area (Å²) in [7, 11) is 0. The Bertz CT molecular complexity index is 1080. The SMILES string of the molecule is C[C@@H]1CCCN(C(=O)Cn2c(=O)nc(-c3ccccc3)c3cc(Cl)ccc32)C1. The molecule has 0 saturated carbocycles. The Morgan fingerprint density at radius 1 is 1.21 bits per heavy atom. The summed E-state index contributed by atoms with van der Waals surface area (Å²) in [5, 5.41) is 1.32. The number of fused-ring (bicyclic) bond motifs is 1. The summed E-state index contributed by atoms with van der Waals surface area (Å²) in [4.78, 5) is 31.8. The van der Waals surface area contributed by atoms with Gasteiger partial charge in [0, 0.05) is 29.1 Å². The number of carbonyl (C=O) groups excluding carboxylic acids is 1. The fourth-order valence-electron chi connectivity index (χ4n) is 3.87. The topological polar surface area (TPSA) is 55.2 Å². The number of hydrogen-bond donors (Lipinski definition) is 0. The monoisotopic (exact) mass is 395 g/mol. The standard InChI is InChI=1S/C22H22ClN3O2/c1-15-6-5-11-25(13-15)20(27)14-26-19-10-9-17(23)12-18(19)21(24-22(26)28)16-7-3-2-4-8-16/h2-4,7-10,12,15H,5-6,11,13-14H2,1H3/t15-/m1/s1. The highest BCUT2D eigenvalue weighted by Gasteiger charge is 2.22. The molecule has 1 aliphatic heterocycles. The van der Waals surface area contributed by atoms with E-state index in [-0.39, 0.29) is 12.5 Å². The predicted octanol–water partition coefficient (Wildman–Crippen LogP) is 3.98. The molecule has 0 unspecified atom stereocenters. The van der Waals surface area contributed by atoms with E-state index >= 15 is 0 Å². The summed E-state index contributed by atoms with van der Waals surface area (Å²) in [6.45, 7) is 3.63. The van der Waals surface area contributed by atoms with Gasteiger partial charge in [0.05, 0.1) is 11.2 Å². The molecule has 1 amide bonds. The van der Waals surface area contributed by atoms with Crippen molar-refractivity contribution >= 4 is 28.4 Å². The van der Waals surface area contributed by atoms with E-state index in [2.05, 4.69) is 11.9 Å². The molecule has 0 bridgehead atoms. The van der Waals surface area contributed by atoms with Crippen LogP contribution in [0.15, 0.2) is 53.3 Å². The minimum atomic E-state index is -0.424. The first-order chi connectivity index (χ1) is 13.5. The molecule has 1 saturated heterocycles. The van der Waals surface area contributed by atoms with Crippen molar-refractivity contribution in [1.82, 2.24) is 14.5 Å². The van der Waals surface area contributed by atoms with E-state index in [1.165, 1.54) is 4.57 Å². The molecule has 0 radical (unpaired) electrons. The van der Waals surface area contributed by atoms with Crippen molar-refractivity contribution in [3.63, 3.8) is 0 Å². The maximum Gasteiger partial charge on any atom is 0.349 e. The summed E-state index contributed by atoms with van der Waals surface area (Å²) in [5.41, 5.74) is 1.67. The van der Waals surface area contributed by atoms with Crippen molar-refractivity contribution in [3.05, 3.63) is 64.0 Å². The van der Waals surface area contributed by atoms with Gasteiger partial charge in [-0.2, -0.15) is 4.98 Å². The number of amides is 1. The molecule has 6 heteroatoms. The lowest BCUT2D eigenvalue weighted by Crippen LogP contribution is -2.42. The van der Waals surface area contributed by atoms with Gasteiger partial charge < -0.3 is 4.90 Å². The van der Waals surface area contributed by atoms with Crippen molar-refractivity contribution in [2.45, 2.75) is 26.3 Å². The molecule has 28 heavy (non-hydrogen) atoms. The normalized spacial score (nSPS) is 17.1. The van der Waals surface area contributed by atoms with Crippen LogP contribution in [0.5, 0.6) is 0 Å². The molecule has 5 nitrogen and oxygen atoms in total. The van der Waals surface area contributed by atoms with Gasteiger partial charge in [-0.1, -0.05) is 48.9 Å². The van der Waals surface area contributed by atoms with Crippen LogP contribution in [0.4, 0.5) is 0 Å². The smallest absolute Gasteiger partial charge is 0.341 e. The second kappa shape index (κ2) is 7.76. The van der Waals surface area contributed by atoms with E-state index in [0.29, 0.717) is 22.2 Å². The Hall–Kier alpha value is -2.66. The van der Waals surface area contributed by atoms with E-state index in [4.69, 9.17) is 11.6 Å². The highest BCUT2D eigenvalue weighted by atomic mass is 35.5. The first-order valence-corrected chi connectivity index (χ1v) is 9.94. The lowest BCUT2D eigenvalue weighted by atomic mass is 10.0. The van der Waals surface area contributed by atoms with Crippen LogP contribution in [0, 0.1) is 5.92 Å². The fraction of sp³-hybridized carbons (Fsp3) is 0.318. The quantitative estimate of drug-likeness (QED) is 0.674. The van der Waals surface area contributed by atoms with Crippen LogP contribution < -0.4 is 5.69 Å². The van der Waals surface area contributed by atoms with Gasteiger partial charge in [0.2, 0.25) is 5.91 Å². The van der Waals surface area contributed by atoms with Gasteiger partial charge in [-0.3, -0.25) is 9.36 Å². The molecule has 1 aliphatic rings. The molecule has 1 atom stereocenters. The highest BCUT2D eigenvalue weighted by molar-refractivity contribution is 6.31. The zero-order valence-electron chi connectivity index (χ0n) is 15.8. The van der Waals surface area contributed by atoms with Crippen LogP contribution in [0.3, 0.4) is 0 Å². The van der Waals surface area contributed by atoms with E-state index in [0.717, 1.165) is 36.9 Å². The van der Waals surface area contributed by atoms with Crippen molar-refractivity contribution in [1.29, 1.82) is 0 Å². The summed E-state index contributed by atoms with van der Waals surface area (Å²) in [6.07, 6.45) is 2.14. The van der Waals surface area contributed by atoms with Gasteiger partial charge in [0.15, 0.2) is 0 Å². The number of nitrogens with zero attached hydrogens (tertiary/aromatic N) is 3. The van der Waals surface area contributed by atoms with E-state index < -0.39 is 5.69 Å². The van der Waals surface area contributed by atoms with Crippen LogP contribution >= 0.6 is 11.6 Å². The molecule has 4 rings (SSSR count). The molecular formula is C22H22ClN3O2. The van der Waals surface area contributed by atoms with Crippen LogP contribution in [0.1, 0.15) is 19.8 Å². The van der Waals surface area contributed by atoms with Gasteiger partial charge in [-0.15, -0.1) is 0 Å². The third-order valence-corrected chi connectivity index (χ3v) is 5.53. The van der Waals surface area contributed by atoms with Crippen molar-refractivity contribution in [2.24, 2.45) is 5.92 Å². The second-order valence-corrected chi connectivity index (χ2v) is 7.88. The molecular weight excluding hydrogens is 374 g/mol. The lowest BCUT2D eigenvalue weighted by Gasteiger charge is -2.31. The third kappa shape index (κ3) is 3.67. The summed E-state index contributed by atoms with van der Waals surface area (Å²) >= 11 is 6.22. The first kappa shape index (κ1) is 18.7. The van der Waals surface area contributed by atoms with E-state index in [9.17, 15) is 9.59 Å². The average molecular weight is 396 g/mol. The first-order valence-electron chi connectivity index (χ1n) is 9.56. The zero-order chi connectivity index (χ0) is 19.7. The van der Waals surface area contributed by atoms with Crippen LogP contribution in [0.25, 0.3) is 22.2 Å². The number of likely N-dealkylation sites (tertiary alicyclic amines) is 1. The third-order valence-electron chi connectivity index (χ3n) is 5.29. The van der Waals surface area contributed by atoms with Crippen molar-refractivity contribution in [2.75, 3.05) is 13.1 Å². The lowest BCUT2D eigenvalue weighted by molar-refractivity contribution is -0.133. The largest absolute Gasteiger partial charge is 0.349 e. The predicted molar refractivity (Wildman–Crippen MR) is 111 cm³/mol. The molecule has 1 fully saturated rings. The van der Waals surface area contributed by atoms with Crippen LogP contribution in [0.2, 0.25) is 5.02 Å². The number of rotatable bonds is 3. The van der Waals surface area contributed by atoms with Gasteiger partial charge in [0.1, 0.15) is 6.54 Å². The van der Waals surface area contributed by atoms with Gasteiger partial charge in [0.25, 0.3) is 0 Å². The maximum absolute atomic E-state index is 12.8. The summed E-state index contributed by atoms with van der Waals surface area (Å²) < 4.78 is 1.46.